The van der Waals surface area contributed by atoms with Crippen LogP contribution < -0.4 is 5.32 Å². The standard InChI is InChI=1S/C17H24F3NO4/c1-16(2,3)25-15(23)21-14(9-22)13(10-24-4)11-5-7-12(8-6-11)17(18,19)20/h5-8,13-14,22H,9-10H2,1-4H3,(H,21,23)/t13-,14+/m0/s1. The number of amides is 1. The monoisotopic (exact) mass is 363 g/mol. The number of nitrogens with one attached hydrogen (secondary N) is 1. The van der Waals surface area contributed by atoms with Crippen LogP contribution in [-0.4, -0.2) is 43.2 Å². The number of aliphatic hydroxyl groups excluding tert-OH is 1. The van der Waals surface area contributed by atoms with E-state index in [9.17, 15) is 23.1 Å². The summed E-state index contributed by atoms with van der Waals surface area (Å²) in [6, 6.07) is 3.77. The molecule has 1 amide bonds. The van der Waals surface area contributed by atoms with Crippen LogP contribution in [-0.2, 0) is 15.7 Å². The fourth-order valence-corrected chi connectivity index (χ4v) is 2.28. The van der Waals surface area contributed by atoms with E-state index < -0.39 is 42.0 Å². The zero-order valence-corrected chi connectivity index (χ0v) is 14.7. The van der Waals surface area contributed by atoms with Gasteiger partial charge in [-0.25, -0.2) is 4.79 Å². The quantitative estimate of drug-likeness (QED) is 0.814. The number of carbonyl (C=O) groups excluding carboxylic acids is 1. The lowest BCUT2D eigenvalue weighted by atomic mass is 9.91. The number of benzene rings is 1. The van der Waals surface area contributed by atoms with Crippen molar-refractivity contribution < 1.29 is 32.5 Å². The van der Waals surface area contributed by atoms with E-state index in [1.807, 2.05) is 0 Å². The molecule has 25 heavy (non-hydrogen) atoms. The Hall–Kier alpha value is -1.80. The predicted molar refractivity (Wildman–Crippen MR) is 86.3 cm³/mol. The molecular weight excluding hydrogens is 339 g/mol. The summed E-state index contributed by atoms with van der Waals surface area (Å²) >= 11 is 0. The van der Waals surface area contributed by atoms with E-state index in [0.717, 1.165) is 12.1 Å². The summed E-state index contributed by atoms with van der Waals surface area (Å²) in [6.45, 7) is 4.77. The van der Waals surface area contributed by atoms with Gasteiger partial charge in [0.05, 0.1) is 24.8 Å². The molecular formula is C17H24F3NO4. The third-order valence-corrected chi connectivity index (χ3v) is 3.40. The zero-order chi connectivity index (χ0) is 19.3. The molecule has 0 fully saturated rings. The summed E-state index contributed by atoms with van der Waals surface area (Å²) in [4.78, 5) is 11.9. The van der Waals surface area contributed by atoms with Gasteiger partial charge in [-0.2, -0.15) is 13.2 Å². The number of carbonyl (C=O) groups is 1. The Morgan fingerprint density at radius 3 is 2.16 bits per heavy atom. The second-order valence-electron chi connectivity index (χ2n) is 6.62. The van der Waals surface area contributed by atoms with Crippen LogP contribution in [0.1, 0.15) is 37.8 Å². The van der Waals surface area contributed by atoms with Crippen LogP contribution in [0.2, 0.25) is 0 Å². The minimum absolute atomic E-state index is 0.104. The molecule has 0 unspecified atom stereocenters. The fraction of sp³-hybridized carbons (Fsp3) is 0.588. The molecule has 0 saturated carbocycles. The maximum atomic E-state index is 12.7. The zero-order valence-electron chi connectivity index (χ0n) is 14.7. The van der Waals surface area contributed by atoms with Crippen molar-refractivity contribution >= 4 is 6.09 Å². The number of alkyl carbamates (subject to hydrolysis) is 1. The van der Waals surface area contributed by atoms with Crippen LogP contribution in [0, 0.1) is 0 Å². The van der Waals surface area contributed by atoms with E-state index in [0.29, 0.717) is 5.56 Å². The fourth-order valence-electron chi connectivity index (χ4n) is 2.28. The Morgan fingerprint density at radius 2 is 1.76 bits per heavy atom. The highest BCUT2D eigenvalue weighted by atomic mass is 19.4. The molecule has 0 heterocycles. The van der Waals surface area contributed by atoms with E-state index >= 15 is 0 Å². The van der Waals surface area contributed by atoms with Crippen molar-refractivity contribution in [3.8, 4) is 0 Å². The van der Waals surface area contributed by atoms with Crippen LogP contribution >= 0.6 is 0 Å². The topological polar surface area (TPSA) is 67.8 Å². The first-order chi connectivity index (χ1) is 11.5. The van der Waals surface area contributed by atoms with E-state index in [-0.39, 0.29) is 6.61 Å². The summed E-state index contributed by atoms with van der Waals surface area (Å²) in [6.07, 6.45) is -5.15. The highest BCUT2D eigenvalue weighted by Gasteiger charge is 2.31. The Kier molecular flexibility index (Phi) is 7.25. The number of rotatable bonds is 6. The Morgan fingerprint density at radius 1 is 1.20 bits per heavy atom. The average molecular weight is 363 g/mol. The van der Waals surface area contributed by atoms with Crippen molar-refractivity contribution in [2.24, 2.45) is 0 Å². The summed E-state index contributed by atoms with van der Waals surface area (Å²) in [5.74, 6) is -0.537. The normalized spacial score (nSPS) is 14.7. The third kappa shape index (κ3) is 6.91. The number of aliphatic hydroxyl groups is 1. The van der Waals surface area contributed by atoms with E-state index in [2.05, 4.69) is 5.32 Å². The Bertz CT molecular complexity index is 552. The van der Waals surface area contributed by atoms with Gasteiger partial charge in [0.2, 0.25) is 0 Å². The van der Waals surface area contributed by atoms with Gasteiger partial charge >= 0.3 is 12.3 Å². The summed E-state index contributed by atoms with van der Waals surface area (Å²) < 4.78 is 48.3. The van der Waals surface area contributed by atoms with Gasteiger partial charge in [-0.05, 0) is 38.5 Å². The molecule has 2 N–H and O–H groups in total. The summed E-state index contributed by atoms with van der Waals surface area (Å²) in [5.41, 5.74) is -0.979. The number of methoxy groups -OCH3 is 1. The largest absolute Gasteiger partial charge is 0.444 e. The van der Waals surface area contributed by atoms with E-state index in [1.165, 1.54) is 19.2 Å². The molecule has 0 saturated heterocycles. The van der Waals surface area contributed by atoms with Gasteiger partial charge in [0.25, 0.3) is 0 Å². The highest BCUT2D eigenvalue weighted by Crippen LogP contribution is 2.31. The Labute approximate surface area is 145 Å². The first-order valence-electron chi connectivity index (χ1n) is 7.74. The highest BCUT2D eigenvalue weighted by molar-refractivity contribution is 5.68. The minimum Gasteiger partial charge on any atom is -0.444 e. The van der Waals surface area contributed by atoms with Crippen molar-refractivity contribution in [3.63, 3.8) is 0 Å². The molecule has 0 aliphatic rings. The third-order valence-electron chi connectivity index (χ3n) is 3.40. The van der Waals surface area contributed by atoms with Gasteiger partial charge in [-0.3, -0.25) is 0 Å². The maximum absolute atomic E-state index is 12.7. The molecule has 0 aromatic heterocycles. The number of hydrogen-bond acceptors (Lipinski definition) is 4. The van der Waals surface area contributed by atoms with Crippen molar-refractivity contribution in [2.75, 3.05) is 20.3 Å². The van der Waals surface area contributed by atoms with Crippen LogP contribution in [0.25, 0.3) is 0 Å². The van der Waals surface area contributed by atoms with Crippen molar-refractivity contribution in [1.29, 1.82) is 0 Å². The van der Waals surface area contributed by atoms with Gasteiger partial charge in [-0.1, -0.05) is 12.1 Å². The molecule has 5 nitrogen and oxygen atoms in total. The molecule has 1 aromatic rings. The van der Waals surface area contributed by atoms with Crippen molar-refractivity contribution in [3.05, 3.63) is 35.4 Å². The van der Waals surface area contributed by atoms with Crippen molar-refractivity contribution in [2.45, 2.75) is 44.5 Å². The number of alkyl halides is 3. The average Bonchev–Trinajstić information content (AvgIpc) is 2.48. The summed E-state index contributed by atoms with van der Waals surface area (Å²) in [5, 5.41) is 12.1. The van der Waals surface area contributed by atoms with Gasteiger partial charge in [-0.15, -0.1) is 0 Å². The smallest absolute Gasteiger partial charge is 0.416 e. The lowest BCUT2D eigenvalue weighted by Crippen LogP contribution is -2.45. The molecule has 0 aliphatic carbocycles. The first-order valence-corrected chi connectivity index (χ1v) is 7.74. The second-order valence-corrected chi connectivity index (χ2v) is 6.62. The minimum atomic E-state index is -4.43. The van der Waals surface area contributed by atoms with Crippen molar-refractivity contribution in [1.82, 2.24) is 5.32 Å². The molecule has 0 spiro atoms. The maximum Gasteiger partial charge on any atom is 0.416 e. The van der Waals surface area contributed by atoms with E-state index in [4.69, 9.17) is 9.47 Å². The molecule has 142 valence electrons. The molecule has 1 aromatic carbocycles. The van der Waals surface area contributed by atoms with Crippen LogP contribution in [0.4, 0.5) is 18.0 Å². The summed E-state index contributed by atoms with van der Waals surface area (Å²) in [7, 11) is 1.43. The van der Waals surface area contributed by atoms with E-state index in [1.54, 1.807) is 20.8 Å². The SMILES string of the molecule is COC[C@@H](c1ccc(C(F)(F)F)cc1)[C@@H](CO)NC(=O)OC(C)(C)C. The first kappa shape index (κ1) is 21.2. The molecule has 1 rings (SSSR count). The number of ether oxygens (including phenoxy) is 2. The van der Waals surface area contributed by atoms with Gasteiger partial charge < -0.3 is 19.9 Å². The predicted octanol–water partition coefficient (Wildman–Crippen LogP) is 3.32. The molecule has 8 heteroatoms. The molecule has 0 bridgehead atoms. The van der Waals surface area contributed by atoms with Crippen LogP contribution in [0.5, 0.6) is 0 Å². The molecule has 2 atom stereocenters. The van der Waals surface area contributed by atoms with Gasteiger partial charge in [0.1, 0.15) is 5.60 Å². The lowest BCUT2D eigenvalue weighted by Gasteiger charge is -2.28. The molecule has 0 radical (unpaired) electrons. The Balaban J connectivity index is 2.97. The second kappa shape index (κ2) is 8.53. The lowest BCUT2D eigenvalue weighted by molar-refractivity contribution is -0.137. The number of halogens is 3. The van der Waals surface area contributed by atoms with Crippen LogP contribution in [0.3, 0.4) is 0 Å². The van der Waals surface area contributed by atoms with Gasteiger partial charge in [0.15, 0.2) is 0 Å². The molecule has 0 aliphatic heterocycles. The number of hydrogen-bond donors (Lipinski definition) is 2. The van der Waals surface area contributed by atoms with Gasteiger partial charge in [0, 0.05) is 13.0 Å². The van der Waals surface area contributed by atoms with Crippen LogP contribution in [0.15, 0.2) is 24.3 Å².